The summed E-state index contributed by atoms with van der Waals surface area (Å²) in [6, 6.07) is 12.3. The van der Waals surface area contributed by atoms with E-state index in [1.165, 1.54) is 25.0 Å². The molecule has 2 heterocycles. The first-order chi connectivity index (χ1) is 9.36. The Labute approximate surface area is 118 Å². The van der Waals surface area contributed by atoms with Crippen LogP contribution in [0.1, 0.15) is 31.0 Å². The highest BCUT2D eigenvalue weighted by atomic mass is 32.2. The first kappa shape index (κ1) is 12.8. The van der Waals surface area contributed by atoms with Crippen LogP contribution in [0.2, 0.25) is 0 Å². The Bertz CT molecular complexity index is 517. The summed E-state index contributed by atoms with van der Waals surface area (Å²) in [5.74, 6) is 1.23. The van der Waals surface area contributed by atoms with E-state index in [1.807, 2.05) is 46.9 Å². The molecule has 2 N–H and O–H groups in total. The first-order valence-electron chi connectivity index (χ1n) is 6.83. The van der Waals surface area contributed by atoms with Gasteiger partial charge in [0.25, 0.3) is 0 Å². The van der Waals surface area contributed by atoms with Gasteiger partial charge in [0, 0.05) is 11.4 Å². The van der Waals surface area contributed by atoms with Gasteiger partial charge in [0.15, 0.2) is 0 Å². The average Bonchev–Trinajstić information content (AvgIpc) is 2.98. The molecule has 4 heteroatoms. The lowest BCUT2D eigenvalue weighted by Gasteiger charge is -2.27. The smallest absolute Gasteiger partial charge is 0.0649 e. The van der Waals surface area contributed by atoms with Crippen LogP contribution in [0, 0.1) is 0 Å². The molecule has 1 aliphatic rings. The Kier molecular flexibility index (Phi) is 3.89. The van der Waals surface area contributed by atoms with Gasteiger partial charge in [-0.25, -0.2) is 4.68 Å². The lowest BCUT2D eigenvalue weighted by atomic mass is 10.0. The third kappa shape index (κ3) is 2.69. The minimum Gasteiger partial charge on any atom is -0.322 e. The second-order valence-electron chi connectivity index (χ2n) is 4.93. The molecule has 0 bridgehead atoms. The van der Waals surface area contributed by atoms with Gasteiger partial charge in [-0.05, 0) is 36.8 Å². The molecule has 1 saturated heterocycles. The van der Waals surface area contributed by atoms with Crippen molar-refractivity contribution < 1.29 is 0 Å². The molecule has 100 valence electrons. The Morgan fingerprint density at radius 3 is 2.79 bits per heavy atom. The van der Waals surface area contributed by atoms with Crippen molar-refractivity contribution in [2.24, 2.45) is 5.73 Å². The van der Waals surface area contributed by atoms with Crippen molar-refractivity contribution >= 4 is 11.8 Å². The predicted molar refractivity (Wildman–Crippen MR) is 80.6 cm³/mol. The summed E-state index contributed by atoms with van der Waals surface area (Å²) in [7, 11) is 0. The van der Waals surface area contributed by atoms with Crippen molar-refractivity contribution in [3.8, 4) is 5.69 Å². The quantitative estimate of drug-likeness (QED) is 0.934. The molecule has 1 fully saturated rings. The fourth-order valence-electron chi connectivity index (χ4n) is 2.59. The molecule has 3 nitrogen and oxygen atoms in total. The van der Waals surface area contributed by atoms with Crippen LogP contribution in [0.25, 0.3) is 5.69 Å². The number of hydrogen-bond donors (Lipinski definition) is 1. The summed E-state index contributed by atoms with van der Waals surface area (Å²) in [6.07, 6.45) is 5.68. The van der Waals surface area contributed by atoms with Crippen LogP contribution in [-0.2, 0) is 0 Å². The molecule has 1 aliphatic heterocycles. The van der Waals surface area contributed by atoms with E-state index < -0.39 is 0 Å². The summed E-state index contributed by atoms with van der Waals surface area (Å²) >= 11 is 2.01. The number of para-hydroxylation sites is 1. The van der Waals surface area contributed by atoms with Crippen LogP contribution in [0.15, 0.2) is 42.6 Å². The van der Waals surface area contributed by atoms with Crippen LogP contribution in [0.4, 0.5) is 0 Å². The predicted octanol–water partition coefficient (Wildman–Crippen LogP) is 3.16. The zero-order valence-electron chi connectivity index (χ0n) is 10.9. The van der Waals surface area contributed by atoms with Crippen LogP contribution in [0.5, 0.6) is 0 Å². The minimum absolute atomic E-state index is 0.0630. The molecule has 3 rings (SSSR count). The van der Waals surface area contributed by atoms with Gasteiger partial charge in [0.05, 0.1) is 17.4 Å². The van der Waals surface area contributed by atoms with E-state index in [-0.39, 0.29) is 6.04 Å². The molecular weight excluding hydrogens is 254 g/mol. The Balaban J connectivity index is 1.87. The Morgan fingerprint density at radius 1 is 1.21 bits per heavy atom. The van der Waals surface area contributed by atoms with Crippen molar-refractivity contribution in [3.63, 3.8) is 0 Å². The number of thioether (sulfide) groups is 1. The van der Waals surface area contributed by atoms with Crippen molar-refractivity contribution in [3.05, 3.63) is 48.3 Å². The second-order valence-corrected chi connectivity index (χ2v) is 6.28. The topological polar surface area (TPSA) is 43.8 Å². The van der Waals surface area contributed by atoms with Gasteiger partial charge in [-0.3, -0.25) is 0 Å². The molecule has 19 heavy (non-hydrogen) atoms. The monoisotopic (exact) mass is 273 g/mol. The van der Waals surface area contributed by atoms with Gasteiger partial charge in [0.1, 0.15) is 0 Å². The van der Waals surface area contributed by atoms with Crippen LogP contribution >= 0.6 is 11.8 Å². The molecule has 0 spiro atoms. The van der Waals surface area contributed by atoms with Crippen LogP contribution in [-0.4, -0.2) is 20.8 Å². The minimum atomic E-state index is 0.0630. The van der Waals surface area contributed by atoms with Gasteiger partial charge in [0.2, 0.25) is 0 Å². The molecule has 2 unspecified atom stereocenters. The van der Waals surface area contributed by atoms with E-state index in [2.05, 4.69) is 17.2 Å². The zero-order chi connectivity index (χ0) is 13.1. The molecular formula is C15H19N3S. The van der Waals surface area contributed by atoms with Gasteiger partial charge in [-0.15, -0.1) is 0 Å². The lowest BCUT2D eigenvalue weighted by Crippen LogP contribution is -2.28. The second kappa shape index (κ2) is 5.80. The van der Waals surface area contributed by atoms with Gasteiger partial charge in [-0.1, -0.05) is 24.6 Å². The third-order valence-corrected chi connectivity index (χ3v) is 5.11. The summed E-state index contributed by atoms with van der Waals surface area (Å²) < 4.78 is 1.97. The Morgan fingerprint density at radius 2 is 2.05 bits per heavy atom. The lowest BCUT2D eigenvalue weighted by molar-refractivity contribution is 0.559. The first-order valence-corrected chi connectivity index (χ1v) is 7.87. The number of rotatable bonds is 3. The average molecular weight is 273 g/mol. The van der Waals surface area contributed by atoms with Crippen molar-refractivity contribution in [1.29, 1.82) is 0 Å². The fourth-order valence-corrected chi connectivity index (χ4v) is 3.94. The van der Waals surface area contributed by atoms with Gasteiger partial charge < -0.3 is 5.73 Å². The molecule has 0 saturated carbocycles. The molecule has 0 radical (unpaired) electrons. The van der Waals surface area contributed by atoms with Crippen molar-refractivity contribution in [1.82, 2.24) is 9.78 Å². The molecule has 0 amide bonds. The Hall–Kier alpha value is -1.26. The fraction of sp³-hybridized carbons (Fsp3) is 0.400. The molecule has 1 aromatic carbocycles. The maximum absolute atomic E-state index is 6.47. The zero-order valence-corrected chi connectivity index (χ0v) is 11.7. The van der Waals surface area contributed by atoms with E-state index in [9.17, 15) is 0 Å². The highest BCUT2D eigenvalue weighted by Crippen LogP contribution is 2.33. The number of nitrogens with two attached hydrogens (primary N) is 1. The van der Waals surface area contributed by atoms with E-state index in [4.69, 9.17) is 5.73 Å². The van der Waals surface area contributed by atoms with Crippen LogP contribution < -0.4 is 5.73 Å². The molecule has 2 atom stereocenters. The largest absolute Gasteiger partial charge is 0.322 e. The van der Waals surface area contributed by atoms with E-state index in [0.29, 0.717) is 5.25 Å². The highest BCUT2D eigenvalue weighted by Gasteiger charge is 2.25. The maximum Gasteiger partial charge on any atom is 0.0649 e. The maximum atomic E-state index is 6.47. The van der Waals surface area contributed by atoms with Gasteiger partial charge >= 0.3 is 0 Å². The molecule has 2 aromatic rings. The van der Waals surface area contributed by atoms with Crippen LogP contribution in [0.3, 0.4) is 0 Å². The third-order valence-electron chi connectivity index (χ3n) is 3.63. The normalized spacial score (nSPS) is 21.2. The van der Waals surface area contributed by atoms with Gasteiger partial charge in [-0.2, -0.15) is 16.9 Å². The summed E-state index contributed by atoms with van der Waals surface area (Å²) in [4.78, 5) is 0. The number of aromatic nitrogens is 2. The summed E-state index contributed by atoms with van der Waals surface area (Å²) in [5.41, 5.74) is 8.67. The SMILES string of the molecule is NC(c1ccnn1-c1ccccc1)C1CCCCS1. The van der Waals surface area contributed by atoms with Crippen molar-refractivity contribution in [2.75, 3.05) is 5.75 Å². The summed E-state index contributed by atoms with van der Waals surface area (Å²) in [6.45, 7) is 0. The van der Waals surface area contributed by atoms with E-state index >= 15 is 0 Å². The summed E-state index contributed by atoms with van der Waals surface area (Å²) in [5, 5.41) is 4.95. The number of hydrogen-bond acceptors (Lipinski definition) is 3. The molecule has 1 aromatic heterocycles. The van der Waals surface area contributed by atoms with E-state index in [1.54, 1.807) is 0 Å². The standard InChI is InChI=1S/C15H19N3S/c16-15(14-8-4-5-11-19-14)13-9-10-17-18(13)12-6-2-1-3-7-12/h1-3,6-7,9-10,14-15H,4-5,8,11,16H2. The van der Waals surface area contributed by atoms with Crippen molar-refractivity contribution in [2.45, 2.75) is 30.6 Å². The highest BCUT2D eigenvalue weighted by molar-refractivity contribution is 8.00. The van der Waals surface area contributed by atoms with E-state index in [0.717, 1.165) is 11.4 Å². The molecule has 0 aliphatic carbocycles. The number of nitrogens with zero attached hydrogens (tertiary/aromatic N) is 2. The number of benzene rings is 1.